The van der Waals surface area contributed by atoms with Gasteiger partial charge in [0.25, 0.3) is 0 Å². The first-order valence-corrected chi connectivity index (χ1v) is 12.7. The lowest BCUT2D eigenvalue weighted by Crippen LogP contribution is -2.41. The number of hydrogen-bond donors (Lipinski definition) is 1. The summed E-state index contributed by atoms with van der Waals surface area (Å²) < 4.78 is 5.75. The van der Waals surface area contributed by atoms with Gasteiger partial charge in [0.2, 0.25) is 0 Å². The number of likely N-dealkylation sites (tertiary alicyclic amines) is 1. The highest BCUT2D eigenvalue weighted by atomic mass is 16.6. The van der Waals surface area contributed by atoms with Crippen LogP contribution in [0.1, 0.15) is 32.3 Å². The smallest absolute Gasteiger partial charge is 0.411 e. The Labute approximate surface area is 210 Å². The Bertz CT molecular complexity index is 1000. The number of carbonyl (C=O) groups excluding carboxylic acids is 1. The van der Waals surface area contributed by atoms with E-state index < -0.39 is 0 Å². The fourth-order valence-electron chi connectivity index (χ4n) is 4.29. The van der Waals surface area contributed by atoms with E-state index >= 15 is 0 Å². The Hall–Kier alpha value is -3.15. The molecule has 0 atom stereocenters. The van der Waals surface area contributed by atoms with Gasteiger partial charge >= 0.3 is 6.09 Å². The monoisotopic (exact) mass is 473 g/mol. The number of likely N-dealkylation sites (N-methyl/N-ethyl adjacent to an activating group) is 1. The second-order valence-corrected chi connectivity index (χ2v) is 8.71. The normalized spacial score (nSPS) is 14.2. The SMILES string of the molecule is CC.CN(CCN1CCC(OC(=O)Nc2ccccc2-c2ccccc2)CC1)Cc1ccccc1. The van der Waals surface area contributed by atoms with Crippen LogP contribution in [0.3, 0.4) is 0 Å². The Morgan fingerprint density at radius 3 is 2.20 bits per heavy atom. The van der Waals surface area contributed by atoms with Crippen molar-refractivity contribution in [2.75, 3.05) is 38.5 Å². The van der Waals surface area contributed by atoms with Crippen LogP contribution in [-0.4, -0.2) is 55.2 Å². The summed E-state index contributed by atoms with van der Waals surface area (Å²) in [6.07, 6.45) is 1.33. The molecule has 1 amide bonds. The number of rotatable bonds is 8. The summed E-state index contributed by atoms with van der Waals surface area (Å²) in [7, 11) is 2.17. The minimum atomic E-state index is -0.376. The maximum Gasteiger partial charge on any atom is 0.411 e. The summed E-state index contributed by atoms with van der Waals surface area (Å²) in [5, 5.41) is 2.95. The zero-order valence-corrected chi connectivity index (χ0v) is 21.3. The van der Waals surface area contributed by atoms with Crippen molar-refractivity contribution in [1.29, 1.82) is 0 Å². The van der Waals surface area contributed by atoms with E-state index in [9.17, 15) is 4.79 Å². The molecule has 5 nitrogen and oxygen atoms in total. The summed E-state index contributed by atoms with van der Waals surface area (Å²) in [4.78, 5) is 17.4. The largest absolute Gasteiger partial charge is 0.446 e. The van der Waals surface area contributed by atoms with E-state index in [1.54, 1.807) is 0 Å². The second-order valence-electron chi connectivity index (χ2n) is 8.71. The number of hydrogen-bond acceptors (Lipinski definition) is 4. The number of nitrogens with one attached hydrogen (secondary N) is 1. The number of piperidine rings is 1. The summed E-state index contributed by atoms with van der Waals surface area (Å²) >= 11 is 0. The molecule has 186 valence electrons. The average molecular weight is 474 g/mol. The molecule has 1 fully saturated rings. The van der Waals surface area contributed by atoms with Gasteiger partial charge in [-0.25, -0.2) is 4.79 Å². The van der Waals surface area contributed by atoms with Crippen LogP contribution in [0.15, 0.2) is 84.9 Å². The molecule has 0 aromatic heterocycles. The molecular weight excluding hydrogens is 434 g/mol. The first kappa shape index (κ1) is 26.5. The fraction of sp³-hybridized carbons (Fsp3) is 0.367. The number of carbonyl (C=O) groups is 1. The average Bonchev–Trinajstić information content (AvgIpc) is 2.91. The van der Waals surface area contributed by atoms with Gasteiger partial charge in [-0.1, -0.05) is 92.7 Å². The summed E-state index contributed by atoms with van der Waals surface area (Å²) in [6.45, 7) is 8.93. The lowest BCUT2D eigenvalue weighted by atomic mass is 10.0. The number of amides is 1. The van der Waals surface area contributed by atoms with Gasteiger partial charge in [0.15, 0.2) is 0 Å². The third kappa shape index (κ3) is 8.53. The number of nitrogens with zero attached hydrogens (tertiary/aromatic N) is 2. The Morgan fingerprint density at radius 1 is 0.914 bits per heavy atom. The van der Waals surface area contributed by atoms with Crippen molar-refractivity contribution in [2.24, 2.45) is 0 Å². The summed E-state index contributed by atoms with van der Waals surface area (Å²) in [5.74, 6) is 0. The zero-order chi connectivity index (χ0) is 24.9. The highest BCUT2D eigenvalue weighted by Gasteiger charge is 2.22. The number of anilines is 1. The molecule has 0 bridgehead atoms. The maximum atomic E-state index is 12.6. The van der Waals surface area contributed by atoms with Gasteiger partial charge in [-0.05, 0) is 37.1 Å². The van der Waals surface area contributed by atoms with Crippen molar-refractivity contribution in [1.82, 2.24) is 9.80 Å². The lowest BCUT2D eigenvalue weighted by molar-refractivity contribution is 0.0563. The van der Waals surface area contributed by atoms with Crippen LogP contribution >= 0.6 is 0 Å². The molecule has 4 rings (SSSR count). The minimum absolute atomic E-state index is 0.0350. The van der Waals surface area contributed by atoms with E-state index in [-0.39, 0.29) is 12.2 Å². The molecule has 3 aromatic rings. The molecule has 3 aromatic carbocycles. The number of para-hydroxylation sites is 1. The predicted octanol–water partition coefficient (Wildman–Crippen LogP) is 6.52. The lowest BCUT2D eigenvalue weighted by Gasteiger charge is -2.32. The van der Waals surface area contributed by atoms with Crippen molar-refractivity contribution in [3.8, 4) is 11.1 Å². The highest BCUT2D eigenvalue weighted by Crippen LogP contribution is 2.28. The molecule has 0 aliphatic carbocycles. The van der Waals surface area contributed by atoms with Gasteiger partial charge in [0.1, 0.15) is 6.10 Å². The molecular formula is C30H39N3O2. The predicted molar refractivity (Wildman–Crippen MR) is 146 cm³/mol. The molecule has 0 saturated carbocycles. The molecule has 5 heteroatoms. The number of ether oxygens (including phenoxy) is 1. The van der Waals surface area contributed by atoms with Crippen LogP contribution in [0, 0.1) is 0 Å². The molecule has 0 unspecified atom stereocenters. The van der Waals surface area contributed by atoms with Crippen molar-refractivity contribution in [3.05, 3.63) is 90.5 Å². The minimum Gasteiger partial charge on any atom is -0.446 e. The van der Waals surface area contributed by atoms with Gasteiger partial charge in [0.05, 0.1) is 5.69 Å². The van der Waals surface area contributed by atoms with E-state index in [1.807, 2.05) is 68.4 Å². The van der Waals surface area contributed by atoms with Crippen molar-refractivity contribution in [2.45, 2.75) is 39.3 Å². The quantitative estimate of drug-likeness (QED) is 0.404. The molecule has 0 radical (unpaired) electrons. The van der Waals surface area contributed by atoms with Gasteiger partial charge in [-0.3, -0.25) is 5.32 Å². The van der Waals surface area contributed by atoms with Crippen molar-refractivity contribution < 1.29 is 9.53 Å². The van der Waals surface area contributed by atoms with Crippen LogP contribution in [0.2, 0.25) is 0 Å². The van der Waals surface area contributed by atoms with Crippen LogP contribution in [-0.2, 0) is 11.3 Å². The summed E-state index contributed by atoms with van der Waals surface area (Å²) in [5.41, 5.74) is 4.17. The molecule has 1 aliphatic rings. The second kappa shape index (κ2) is 14.3. The van der Waals surface area contributed by atoms with Crippen LogP contribution < -0.4 is 5.32 Å². The van der Waals surface area contributed by atoms with Crippen LogP contribution in [0.5, 0.6) is 0 Å². The number of benzene rings is 3. The summed E-state index contributed by atoms with van der Waals surface area (Å²) in [6, 6.07) is 28.5. The third-order valence-electron chi connectivity index (χ3n) is 6.15. The van der Waals surface area contributed by atoms with E-state index in [2.05, 4.69) is 52.5 Å². The van der Waals surface area contributed by atoms with Gasteiger partial charge in [0, 0.05) is 38.3 Å². The van der Waals surface area contributed by atoms with E-state index in [0.717, 1.165) is 62.4 Å². The first-order chi connectivity index (χ1) is 17.2. The molecule has 1 heterocycles. The van der Waals surface area contributed by atoms with Crippen LogP contribution in [0.25, 0.3) is 11.1 Å². The maximum absolute atomic E-state index is 12.6. The molecule has 1 N–H and O–H groups in total. The molecule has 1 aliphatic heterocycles. The van der Waals surface area contributed by atoms with Gasteiger partial charge in [-0.2, -0.15) is 0 Å². The third-order valence-corrected chi connectivity index (χ3v) is 6.15. The molecule has 0 spiro atoms. The van der Waals surface area contributed by atoms with Gasteiger partial charge < -0.3 is 14.5 Å². The Morgan fingerprint density at radius 2 is 1.51 bits per heavy atom. The van der Waals surface area contributed by atoms with Crippen molar-refractivity contribution >= 4 is 11.8 Å². The molecule has 35 heavy (non-hydrogen) atoms. The van der Waals surface area contributed by atoms with E-state index in [1.165, 1.54) is 5.56 Å². The van der Waals surface area contributed by atoms with E-state index in [0.29, 0.717) is 0 Å². The fourth-order valence-corrected chi connectivity index (χ4v) is 4.29. The molecule has 1 saturated heterocycles. The van der Waals surface area contributed by atoms with Gasteiger partial charge in [-0.15, -0.1) is 0 Å². The topological polar surface area (TPSA) is 44.8 Å². The standard InChI is InChI=1S/C28H33N3O2.C2H6/c1-30(22-23-10-4-2-5-11-23)20-21-31-18-16-25(17-19-31)33-28(32)29-27-15-9-8-14-26(27)24-12-6-3-7-13-24;1-2/h2-15,25H,16-22H2,1H3,(H,29,32);1-2H3. The Balaban J connectivity index is 0.00000167. The Kier molecular flexibility index (Phi) is 10.8. The highest BCUT2D eigenvalue weighted by molar-refractivity contribution is 5.91. The zero-order valence-electron chi connectivity index (χ0n) is 21.3. The van der Waals surface area contributed by atoms with Crippen LogP contribution in [0.4, 0.5) is 10.5 Å². The van der Waals surface area contributed by atoms with Crippen molar-refractivity contribution in [3.63, 3.8) is 0 Å². The first-order valence-electron chi connectivity index (χ1n) is 12.7. The van der Waals surface area contributed by atoms with E-state index in [4.69, 9.17) is 4.74 Å².